The van der Waals surface area contributed by atoms with Crippen LogP contribution in [0.15, 0.2) is 30.5 Å². The van der Waals surface area contributed by atoms with Gasteiger partial charge >= 0.3 is 12.1 Å². The number of nitrogens with zero attached hydrogens (tertiary/aromatic N) is 3. The molecule has 0 atom stereocenters. The third kappa shape index (κ3) is 4.54. The number of aromatic nitrogens is 1. The zero-order valence-corrected chi connectivity index (χ0v) is 16.1. The molecule has 2 heterocycles. The first-order chi connectivity index (χ1) is 13.0. The van der Waals surface area contributed by atoms with E-state index in [2.05, 4.69) is 15.6 Å². The van der Waals surface area contributed by atoms with Crippen molar-refractivity contribution in [3.05, 3.63) is 36.3 Å². The minimum atomic E-state index is -0.311. The number of nitrogens with one attached hydrogen (secondary N) is 2. The van der Waals surface area contributed by atoms with Crippen molar-refractivity contribution in [1.82, 2.24) is 20.1 Å². The Kier molecular flexibility index (Phi) is 5.90. The van der Waals surface area contributed by atoms with Crippen molar-refractivity contribution in [1.29, 1.82) is 0 Å². The normalized spacial score (nSPS) is 14.7. The second-order valence-corrected chi connectivity index (χ2v) is 7.39. The molecule has 0 unspecified atom stereocenters. The number of carbonyl (C=O) groups excluding carboxylic acids is 2. The zero-order valence-electron chi connectivity index (χ0n) is 15.2. The number of anilines is 1. The Morgan fingerprint density at radius 2 is 2.07 bits per heavy atom. The standard InChI is InChI=1S/C18H22FN5O2S/c1-20-17(25)24-8-6-14(7-9-24)23(2)18(26)22-16-21-11-15(27-16)12-4-3-5-13(19)10-12/h3-5,10-11,14H,6-9H2,1-2H3,(H,20,25)(H,21,22,26). The van der Waals surface area contributed by atoms with E-state index in [-0.39, 0.29) is 23.9 Å². The molecule has 144 valence electrons. The molecule has 4 amide bonds. The summed E-state index contributed by atoms with van der Waals surface area (Å²) in [5.41, 5.74) is 0.725. The third-order valence-electron chi connectivity index (χ3n) is 4.66. The van der Waals surface area contributed by atoms with E-state index < -0.39 is 0 Å². The molecule has 2 N–H and O–H groups in total. The van der Waals surface area contributed by atoms with Crippen molar-refractivity contribution >= 4 is 28.5 Å². The summed E-state index contributed by atoms with van der Waals surface area (Å²) in [4.78, 5) is 32.6. The molecule has 1 aliphatic heterocycles. The van der Waals surface area contributed by atoms with Gasteiger partial charge in [-0.3, -0.25) is 5.32 Å². The van der Waals surface area contributed by atoms with Crippen molar-refractivity contribution < 1.29 is 14.0 Å². The third-order valence-corrected chi connectivity index (χ3v) is 5.62. The van der Waals surface area contributed by atoms with Gasteiger partial charge in [0, 0.05) is 39.4 Å². The highest BCUT2D eigenvalue weighted by molar-refractivity contribution is 7.19. The molecule has 1 fully saturated rings. The quantitative estimate of drug-likeness (QED) is 0.843. The maximum atomic E-state index is 13.4. The zero-order chi connectivity index (χ0) is 19.4. The highest BCUT2D eigenvalue weighted by atomic mass is 32.1. The van der Waals surface area contributed by atoms with Crippen molar-refractivity contribution in [3.63, 3.8) is 0 Å². The fraction of sp³-hybridized carbons (Fsp3) is 0.389. The van der Waals surface area contributed by atoms with Crippen LogP contribution < -0.4 is 10.6 Å². The fourth-order valence-electron chi connectivity index (χ4n) is 3.07. The van der Waals surface area contributed by atoms with E-state index in [1.807, 2.05) is 0 Å². The maximum absolute atomic E-state index is 13.4. The van der Waals surface area contributed by atoms with Crippen LogP contribution in [-0.4, -0.2) is 60.1 Å². The molecular formula is C18H22FN5O2S. The van der Waals surface area contributed by atoms with Crippen LogP contribution in [0.1, 0.15) is 12.8 Å². The number of halogens is 1. The molecule has 0 aliphatic carbocycles. The monoisotopic (exact) mass is 391 g/mol. The van der Waals surface area contributed by atoms with Gasteiger partial charge in [-0.2, -0.15) is 0 Å². The Morgan fingerprint density at radius 1 is 1.33 bits per heavy atom. The van der Waals surface area contributed by atoms with Crippen LogP contribution in [0.3, 0.4) is 0 Å². The average Bonchev–Trinajstić information content (AvgIpc) is 3.15. The van der Waals surface area contributed by atoms with Gasteiger partial charge in [-0.1, -0.05) is 23.5 Å². The lowest BCUT2D eigenvalue weighted by Gasteiger charge is -2.36. The Hall–Kier alpha value is -2.68. The van der Waals surface area contributed by atoms with Gasteiger partial charge in [0.15, 0.2) is 5.13 Å². The number of urea groups is 2. The molecule has 3 rings (SSSR count). The van der Waals surface area contributed by atoms with E-state index in [4.69, 9.17) is 0 Å². The van der Waals surface area contributed by atoms with Crippen LogP contribution in [0.2, 0.25) is 0 Å². The summed E-state index contributed by atoms with van der Waals surface area (Å²) < 4.78 is 13.4. The first kappa shape index (κ1) is 19.1. The van der Waals surface area contributed by atoms with Gasteiger partial charge in [-0.25, -0.2) is 19.0 Å². The minimum Gasteiger partial charge on any atom is -0.341 e. The van der Waals surface area contributed by atoms with Gasteiger partial charge < -0.3 is 15.1 Å². The summed E-state index contributed by atoms with van der Waals surface area (Å²) in [5, 5.41) is 5.88. The van der Waals surface area contributed by atoms with Crippen molar-refractivity contribution in [2.75, 3.05) is 32.5 Å². The number of likely N-dealkylation sites (tertiary alicyclic amines) is 1. The summed E-state index contributed by atoms with van der Waals surface area (Å²) in [6.07, 6.45) is 3.07. The molecule has 27 heavy (non-hydrogen) atoms. The van der Waals surface area contributed by atoms with Crippen LogP contribution in [-0.2, 0) is 0 Å². The van der Waals surface area contributed by atoms with Crippen LogP contribution in [0.25, 0.3) is 10.4 Å². The molecular weight excluding hydrogens is 369 g/mol. The number of amides is 4. The first-order valence-corrected chi connectivity index (χ1v) is 9.52. The molecule has 1 saturated heterocycles. The van der Waals surface area contributed by atoms with E-state index in [0.717, 1.165) is 23.3 Å². The number of carbonyl (C=O) groups is 2. The number of hydrogen-bond acceptors (Lipinski definition) is 4. The lowest BCUT2D eigenvalue weighted by Crippen LogP contribution is -2.50. The van der Waals surface area contributed by atoms with Crippen molar-refractivity contribution in [2.24, 2.45) is 0 Å². The van der Waals surface area contributed by atoms with E-state index in [9.17, 15) is 14.0 Å². The summed E-state index contributed by atoms with van der Waals surface area (Å²) in [7, 11) is 3.36. The number of piperidine rings is 1. The highest BCUT2D eigenvalue weighted by Crippen LogP contribution is 2.29. The number of thiazole rings is 1. The number of benzene rings is 1. The fourth-order valence-corrected chi connectivity index (χ4v) is 3.87. The van der Waals surface area contributed by atoms with Gasteiger partial charge in [0.25, 0.3) is 0 Å². The second-order valence-electron chi connectivity index (χ2n) is 6.35. The first-order valence-electron chi connectivity index (χ1n) is 8.70. The van der Waals surface area contributed by atoms with Gasteiger partial charge in [-0.15, -0.1) is 0 Å². The molecule has 1 aliphatic rings. The Balaban J connectivity index is 1.57. The molecule has 9 heteroatoms. The van der Waals surface area contributed by atoms with Gasteiger partial charge in [0.1, 0.15) is 5.82 Å². The second kappa shape index (κ2) is 8.34. The molecule has 2 aromatic rings. The minimum absolute atomic E-state index is 0.0635. The van der Waals surface area contributed by atoms with E-state index in [0.29, 0.717) is 18.2 Å². The predicted octanol–water partition coefficient (Wildman–Crippen LogP) is 3.22. The maximum Gasteiger partial charge on any atom is 0.323 e. The molecule has 1 aromatic heterocycles. The molecule has 0 radical (unpaired) electrons. The molecule has 0 spiro atoms. The SMILES string of the molecule is CNC(=O)N1CCC(N(C)C(=O)Nc2ncc(-c3cccc(F)c3)s2)CC1. The van der Waals surface area contributed by atoms with Gasteiger partial charge in [0.05, 0.1) is 4.88 Å². The average molecular weight is 391 g/mol. The van der Waals surface area contributed by atoms with Gasteiger partial charge in [0.2, 0.25) is 0 Å². The molecule has 7 nitrogen and oxygen atoms in total. The largest absolute Gasteiger partial charge is 0.341 e. The lowest BCUT2D eigenvalue weighted by molar-refractivity contribution is 0.146. The van der Waals surface area contributed by atoms with Crippen LogP contribution in [0.5, 0.6) is 0 Å². The Bertz CT molecular complexity index is 820. The summed E-state index contributed by atoms with van der Waals surface area (Å²) in [6.45, 7) is 1.23. The Morgan fingerprint density at radius 3 is 2.74 bits per heavy atom. The van der Waals surface area contributed by atoms with Crippen molar-refractivity contribution in [3.8, 4) is 10.4 Å². The van der Waals surface area contributed by atoms with Gasteiger partial charge in [-0.05, 0) is 30.5 Å². The summed E-state index contributed by atoms with van der Waals surface area (Å²) in [5.74, 6) is -0.311. The topological polar surface area (TPSA) is 77.6 Å². The Labute approximate surface area is 161 Å². The molecule has 0 bridgehead atoms. The number of rotatable bonds is 3. The van der Waals surface area contributed by atoms with Crippen LogP contribution in [0.4, 0.5) is 19.1 Å². The van der Waals surface area contributed by atoms with E-state index >= 15 is 0 Å². The highest BCUT2D eigenvalue weighted by Gasteiger charge is 2.27. The molecule has 0 saturated carbocycles. The van der Waals surface area contributed by atoms with Crippen LogP contribution >= 0.6 is 11.3 Å². The van der Waals surface area contributed by atoms with Crippen molar-refractivity contribution in [2.45, 2.75) is 18.9 Å². The lowest BCUT2D eigenvalue weighted by atomic mass is 10.0. The number of hydrogen-bond donors (Lipinski definition) is 2. The van der Waals surface area contributed by atoms with E-state index in [1.54, 1.807) is 42.2 Å². The van der Waals surface area contributed by atoms with Crippen LogP contribution in [0, 0.1) is 5.82 Å². The molecule has 1 aromatic carbocycles. The van der Waals surface area contributed by atoms with E-state index in [1.165, 1.54) is 23.5 Å². The smallest absolute Gasteiger partial charge is 0.323 e. The predicted molar refractivity (Wildman–Crippen MR) is 103 cm³/mol. The summed E-state index contributed by atoms with van der Waals surface area (Å²) in [6, 6.07) is 5.99. The summed E-state index contributed by atoms with van der Waals surface area (Å²) >= 11 is 1.30.